The topological polar surface area (TPSA) is 105 Å². The van der Waals surface area contributed by atoms with E-state index in [-0.39, 0.29) is 5.78 Å². The minimum atomic E-state index is -3.82. The summed E-state index contributed by atoms with van der Waals surface area (Å²) in [7, 11) is -3.82. The van der Waals surface area contributed by atoms with Gasteiger partial charge in [-0.3, -0.25) is 9.59 Å². The smallest absolute Gasteiger partial charge is 0.321 e. The van der Waals surface area contributed by atoms with Gasteiger partial charge in [0.15, 0.2) is 6.61 Å². The zero-order chi connectivity index (χ0) is 22.4. The molecule has 7 nitrogen and oxygen atoms in total. The number of fused-ring (bicyclic) bond motifs is 1. The summed E-state index contributed by atoms with van der Waals surface area (Å²) in [6, 6.07) is 13.0. The Hall–Kier alpha value is -3.23. The van der Waals surface area contributed by atoms with Gasteiger partial charge in [0.2, 0.25) is 15.8 Å². The van der Waals surface area contributed by atoms with Gasteiger partial charge in [-0.15, -0.1) is 0 Å². The van der Waals surface area contributed by atoms with Crippen molar-refractivity contribution in [2.75, 3.05) is 13.2 Å². The molecule has 1 aromatic heterocycles. The summed E-state index contributed by atoms with van der Waals surface area (Å²) in [6.45, 7) is 2.92. The molecule has 31 heavy (non-hydrogen) atoms. The van der Waals surface area contributed by atoms with Crippen LogP contribution in [0.2, 0.25) is 0 Å². The van der Waals surface area contributed by atoms with Gasteiger partial charge < -0.3 is 9.72 Å². The maximum atomic E-state index is 12.5. The highest BCUT2D eigenvalue weighted by atomic mass is 32.2. The second-order valence-corrected chi connectivity index (χ2v) is 8.71. The zero-order valence-electron chi connectivity index (χ0n) is 17.3. The van der Waals surface area contributed by atoms with Crippen molar-refractivity contribution < 1.29 is 22.7 Å². The van der Waals surface area contributed by atoms with Crippen molar-refractivity contribution in [2.24, 2.45) is 0 Å². The molecule has 0 fully saturated rings. The SMILES string of the molecule is CCc1cccc2c(C(=O)COC(=O)CNS(=O)(=O)C=Cc3ccc(C)cc3)c[nH]c12. The Morgan fingerprint density at radius 2 is 1.87 bits per heavy atom. The molecule has 2 aromatic carbocycles. The highest BCUT2D eigenvalue weighted by Gasteiger charge is 2.16. The Kier molecular flexibility index (Phi) is 7.04. The largest absolute Gasteiger partial charge is 0.456 e. The molecular formula is C23H24N2O5S. The van der Waals surface area contributed by atoms with Gasteiger partial charge >= 0.3 is 5.97 Å². The summed E-state index contributed by atoms with van der Waals surface area (Å²) < 4.78 is 31.1. The fraction of sp³-hybridized carbons (Fsp3) is 0.217. The number of nitrogens with one attached hydrogen (secondary N) is 2. The van der Waals surface area contributed by atoms with E-state index in [1.807, 2.05) is 44.2 Å². The van der Waals surface area contributed by atoms with Crippen LogP contribution < -0.4 is 4.72 Å². The van der Waals surface area contributed by atoms with Crippen LogP contribution in [0.4, 0.5) is 0 Å². The van der Waals surface area contributed by atoms with E-state index in [4.69, 9.17) is 4.74 Å². The molecule has 0 radical (unpaired) electrons. The number of carbonyl (C=O) groups is 2. The Bertz CT molecular complexity index is 1220. The van der Waals surface area contributed by atoms with Gasteiger partial charge in [-0.05, 0) is 30.5 Å². The number of aromatic nitrogens is 1. The maximum Gasteiger partial charge on any atom is 0.321 e. The average Bonchev–Trinajstić information content (AvgIpc) is 3.20. The van der Waals surface area contributed by atoms with E-state index < -0.39 is 29.1 Å². The number of sulfonamides is 1. The van der Waals surface area contributed by atoms with Gasteiger partial charge in [0, 0.05) is 28.1 Å². The number of aryl methyl sites for hydroxylation is 2. The number of para-hydroxylation sites is 1. The van der Waals surface area contributed by atoms with E-state index in [0.717, 1.165) is 33.9 Å². The Morgan fingerprint density at radius 3 is 2.58 bits per heavy atom. The lowest BCUT2D eigenvalue weighted by molar-refractivity contribution is -0.141. The number of esters is 1. The number of rotatable bonds is 9. The number of aromatic amines is 1. The Balaban J connectivity index is 1.53. The molecule has 0 spiro atoms. The quantitative estimate of drug-likeness (QED) is 0.392. The third-order valence-electron chi connectivity index (χ3n) is 4.78. The van der Waals surface area contributed by atoms with Crippen LogP contribution in [-0.4, -0.2) is 38.3 Å². The normalized spacial score (nSPS) is 11.8. The monoisotopic (exact) mass is 440 g/mol. The van der Waals surface area contributed by atoms with Crippen molar-refractivity contribution in [2.45, 2.75) is 20.3 Å². The molecule has 0 saturated heterocycles. The number of benzene rings is 2. The van der Waals surface area contributed by atoms with E-state index in [1.165, 1.54) is 6.08 Å². The lowest BCUT2D eigenvalue weighted by atomic mass is 10.1. The summed E-state index contributed by atoms with van der Waals surface area (Å²) in [5, 5.41) is 1.75. The van der Waals surface area contributed by atoms with E-state index in [1.54, 1.807) is 18.3 Å². The molecule has 0 amide bonds. The minimum absolute atomic E-state index is 0.366. The molecule has 8 heteroatoms. The first-order chi connectivity index (χ1) is 14.8. The first-order valence-electron chi connectivity index (χ1n) is 9.81. The van der Waals surface area contributed by atoms with Crippen LogP contribution in [0, 0.1) is 6.92 Å². The second kappa shape index (κ2) is 9.72. The van der Waals surface area contributed by atoms with Crippen LogP contribution in [0.5, 0.6) is 0 Å². The number of carbonyl (C=O) groups excluding carboxylic acids is 2. The molecule has 3 aromatic rings. The number of Topliss-reactive ketones (excluding diaryl/α,β-unsaturated/α-hetero) is 1. The minimum Gasteiger partial charge on any atom is -0.456 e. The number of hydrogen-bond donors (Lipinski definition) is 2. The predicted molar refractivity (Wildman–Crippen MR) is 120 cm³/mol. The zero-order valence-corrected chi connectivity index (χ0v) is 18.2. The molecule has 0 aliphatic carbocycles. The molecule has 0 bridgehead atoms. The molecule has 0 aliphatic rings. The van der Waals surface area contributed by atoms with E-state index in [0.29, 0.717) is 11.1 Å². The standard InChI is InChI=1S/C23H24N2O5S/c1-3-18-5-4-6-19-20(13-24-23(18)19)21(26)15-30-22(27)14-25-31(28,29)12-11-17-9-7-16(2)8-10-17/h4-13,24-25H,3,14-15H2,1-2H3. The highest BCUT2D eigenvalue weighted by Crippen LogP contribution is 2.22. The van der Waals surface area contributed by atoms with Crippen molar-refractivity contribution in [1.82, 2.24) is 9.71 Å². The van der Waals surface area contributed by atoms with Crippen LogP contribution in [0.15, 0.2) is 54.1 Å². The summed E-state index contributed by atoms with van der Waals surface area (Å²) in [5.41, 5.74) is 4.18. The van der Waals surface area contributed by atoms with E-state index in [9.17, 15) is 18.0 Å². The molecule has 0 atom stereocenters. The maximum absolute atomic E-state index is 12.5. The summed E-state index contributed by atoms with van der Waals surface area (Å²) >= 11 is 0. The van der Waals surface area contributed by atoms with Crippen LogP contribution in [-0.2, 0) is 26.0 Å². The third-order valence-corrected chi connectivity index (χ3v) is 5.82. The van der Waals surface area contributed by atoms with Crippen molar-refractivity contribution in [1.29, 1.82) is 0 Å². The predicted octanol–water partition coefficient (Wildman–Crippen LogP) is 3.35. The van der Waals surface area contributed by atoms with Crippen LogP contribution in [0.1, 0.15) is 34.0 Å². The number of ether oxygens (including phenoxy) is 1. The molecule has 1 heterocycles. The van der Waals surface area contributed by atoms with E-state index in [2.05, 4.69) is 9.71 Å². The molecule has 3 rings (SSSR count). The van der Waals surface area contributed by atoms with Crippen LogP contribution in [0.3, 0.4) is 0 Å². The molecule has 0 saturated carbocycles. The van der Waals surface area contributed by atoms with Gasteiger partial charge in [0.1, 0.15) is 6.54 Å². The molecular weight excluding hydrogens is 416 g/mol. The van der Waals surface area contributed by atoms with Crippen LogP contribution in [0.25, 0.3) is 17.0 Å². The van der Waals surface area contributed by atoms with Crippen molar-refractivity contribution >= 4 is 38.8 Å². The van der Waals surface area contributed by atoms with Gasteiger partial charge in [0.25, 0.3) is 0 Å². The third kappa shape index (κ3) is 5.90. The van der Waals surface area contributed by atoms with Gasteiger partial charge in [-0.2, -0.15) is 0 Å². The lowest BCUT2D eigenvalue weighted by Crippen LogP contribution is -2.30. The highest BCUT2D eigenvalue weighted by molar-refractivity contribution is 7.92. The van der Waals surface area contributed by atoms with E-state index >= 15 is 0 Å². The Morgan fingerprint density at radius 1 is 1.13 bits per heavy atom. The second-order valence-electron chi connectivity index (χ2n) is 7.06. The number of hydrogen-bond acceptors (Lipinski definition) is 5. The summed E-state index contributed by atoms with van der Waals surface area (Å²) in [6.07, 6.45) is 3.84. The molecule has 0 unspecified atom stereocenters. The number of ketones is 1. The molecule has 2 N–H and O–H groups in total. The lowest BCUT2D eigenvalue weighted by Gasteiger charge is -2.05. The molecule has 162 valence electrons. The fourth-order valence-electron chi connectivity index (χ4n) is 3.07. The van der Waals surface area contributed by atoms with Gasteiger partial charge in [0.05, 0.1) is 0 Å². The van der Waals surface area contributed by atoms with Crippen LogP contribution >= 0.6 is 0 Å². The fourth-order valence-corrected chi connectivity index (χ4v) is 3.82. The summed E-state index contributed by atoms with van der Waals surface area (Å²) in [4.78, 5) is 27.5. The average molecular weight is 441 g/mol. The molecule has 0 aliphatic heterocycles. The first-order valence-corrected chi connectivity index (χ1v) is 11.4. The van der Waals surface area contributed by atoms with Crippen molar-refractivity contribution in [3.05, 3.63) is 76.3 Å². The van der Waals surface area contributed by atoms with Gasteiger partial charge in [-0.1, -0.05) is 55.0 Å². The first kappa shape index (κ1) is 22.5. The van der Waals surface area contributed by atoms with Gasteiger partial charge in [-0.25, -0.2) is 13.1 Å². The number of H-pyrrole nitrogens is 1. The van der Waals surface area contributed by atoms with Crippen molar-refractivity contribution in [3.8, 4) is 0 Å². The summed E-state index contributed by atoms with van der Waals surface area (Å²) in [5.74, 6) is -1.20. The van der Waals surface area contributed by atoms with Crippen molar-refractivity contribution in [3.63, 3.8) is 0 Å². The Labute approximate surface area is 181 Å².